The van der Waals surface area contributed by atoms with Crippen molar-refractivity contribution < 1.29 is 9.53 Å². The quantitative estimate of drug-likeness (QED) is 0.866. The zero-order valence-electron chi connectivity index (χ0n) is 10.6. The van der Waals surface area contributed by atoms with Gasteiger partial charge in [0, 0.05) is 31.4 Å². The summed E-state index contributed by atoms with van der Waals surface area (Å²) in [6.45, 7) is 6.83. The Bertz CT molecular complexity index is 388. The zero-order chi connectivity index (χ0) is 12.8. The molecule has 0 aliphatic carbocycles. The number of hydrogen-bond acceptors (Lipinski definition) is 5. The second-order valence-corrected chi connectivity index (χ2v) is 5.19. The number of amides is 1. The van der Waals surface area contributed by atoms with E-state index in [9.17, 15) is 4.79 Å². The number of nitrogens with one attached hydrogen (secondary N) is 1. The van der Waals surface area contributed by atoms with Gasteiger partial charge in [0.25, 0.3) is 0 Å². The third kappa shape index (κ3) is 4.04. The fourth-order valence-corrected chi connectivity index (χ4v) is 2.52. The molecule has 1 N–H and O–H groups in total. The van der Waals surface area contributed by atoms with Crippen LogP contribution in [0.25, 0.3) is 0 Å². The Labute approximate surface area is 111 Å². The molecule has 0 bridgehead atoms. The van der Waals surface area contributed by atoms with Gasteiger partial charge in [-0.3, -0.25) is 9.69 Å². The molecule has 1 fully saturated rings. The number of morpholine rings is 1. The molecule has 5 nitrogen and oxygen atoms in total. The highest BCUT2D eigenvalue weighted by Gasteiger charge is 2.12. The van der Waals surface area contributed by atoms with Crippen molar-refractivity contribution in [3.05, 3.63) is 16.1 Å². The maximum atomic E-state index is 11.2. The van der Waals surface area contributed by atoms with E-state index >= 15 is 0 Å². The standard InChI is InChI=1S/C12H19N3O2S/c1-2-11(16)13-7-12-14-10(9-18-12)8-15-3-5-17-6-4-15/h9H,2-8H2,1H3,(H,13,16). The van der Waals surface area contributed by atoms with Crippen LogP contribution in [-0.2, 0) is 22.6 Å². The van der Waals surface area contributed by atoms with Gasteiger partial charge in [-0.2, -0.15) is 0 Å². The van der Waals surface area contributed by atoms with Crippen LogP contribution in [0.2, 0.25) is 0 Å². The minimum absolute atomic E-state index is 0.0694. The molecule has 1 aromatic rings. The molecular formula is C12H19N3O2S. The zero-order valence-corrected chi connectivity index (χ0v) is 11.5. The van der Waals surface area contributed by atoms with Gasteiger partial charge in [-0.25, -0.2) is 4.98 Å². The average molecular weight is 269 g/mol. The summed E-state index contributed by atoms with van der Waals surface area (Å²) in [6, 6.07) is 0. The lowest BCUT2D eigenvalue weighted by Crippen LogP contribution is -2.35. The Morgan fingerprint density at radius 2 is 2.33 bits per heavy atom. The molecule has 0 saturated carbocycles. The summed E-state index contributed by atoms with van der Waals surface area (Å²) in [7, 11) is 0. The predicted octanol–water partition coefficient (Wildman–Crippen LogP) is 1.00. The van der Waals surface area contributed by atoms with Crippen molar-refractivity contribution in [2.24, 2.45) is 0 Å². The monoisotopic (exact) mass is 269 g/mol. The van der Waals surface area contributed by atoms with Crippen LogP contribution in [-0.4, -0.2) is 42.1 Å². The lowest BCUT2D eigenvalue weighted by molar-refractivity contribution is -0.120. The van der Waals surface area contributed by atoms with Crippen LogP contribution in [0.4, 0.5) is 0 Å². The molecule has 0 radical (unpaired) electrons. The van der Waals surface area contributed by atoms with E-state index in [-0.39, 0.29) is 5.91 Å². The van der Waals surface area contributed by atoms with E-state index in [1.54, 1.807) is 11.3 Å². The fourth-order valence-electron chi connectivity index (χ4n) is 1.79. The van der Waals surface area contributed by atoms with Gasteiger partial charge < -0.3 is 10.1 Å². The van der Waals surface area contributed by atoms with Crippen molar-refractivity contribution in [1.82, 2.24) is 15.2 Å². The lowest BCUT2D eigenvalue weighted by atomic mass is 10.3. The van der Waals surface area contributed by atoms with Crippen molar-refractivity contribution in [3.8, 4) is 0 Å². The number of rotatable bonds is 5. The van der Waals surface area contributed by atoms with E-state index in [1.165, 1.54) is 0 Å². The Kier molecular flexibility index (Phi) is 5.10. The SMILES string of the molecule is CCC(=O)NCc1nc(CN2CCOCC2)cs1. The van der Waals surface area contributed by atoms with Crippen LogP contribution in [0.5, 0.6) is 0 Å². The van der Waals surface area contributed by atoms with E-state index in [4.69, 9.17) is 4.74 Å². The molecule has 100 valence electrons. The summed E-state index contributed by atoms with van der Waals surface area (Å²) in [5, 5.41) is 5.89. The van der Waals surface area contributed by atoms with Crippen LogP contribution >= 0.6 is 11.3 Å². The summed E-state index contributed by atoms with van der Waals surface area (Å²) >= 11 is 1.61. The Morgan fingerprint density at radius 1 is 1.56 bits per heavy atom. The molecule has 0 atom stereocenters. The van der Waals surface area contributed by atoms with Gasteiger partial charge in [-0.15, -0.1) is 11.3 Å². The number of aromatic nitrogens is 1. The number of hydrogen-bond donors (Lipinski definition) is 1. The second-order valence-electron chi connectivity index (χ2n) is 4.25. The molecule has 1 aromatic heterocycles. The predicted molar refractivity (Wildman–Crippen MR) is 70.3 cm³/mol. The molecule has 0 aromatic carbocycles. The molecule has 6 heteroatoms. The largest absolute Gasteiger partial charge is 0.379 e. The van der Waals surface area contributed by atoms with Crippen LogP contribution in [0.1, 0.15) is 24.0 Å². The first-order valence-electron chi connectivity index (χ1n) is 6.28. The van der Waals surface area contributed by atoms with Gasteiger partial charge in [0.1, 0.15) is 5.01 Å². The maximum Gasteiger partial charge on any atom is 0.220 e. The molecule has 1 aliphatic heterocycles. The topological polar surface area (TPSA) is 54.5 Å². The van der Waals surface area contributed by atoms with Crippen LogP contribution < -0.4 is 5.32 Å². The first-order valence-corrected chi connectivity index (χ1v) is 7.16. The molecule has 0 unspecified atom stereocenters. The van der Waals surface area contributed by atoms with Gasteiger partial charge >= 0.3 is 0 Å². The van der Waals surface area contributed by atoms with Gasteiger partial charge in [0.15, 0.2) is 0 Å². The summed E-state index contributed by atoms with van der Waals surface area (Å²) in [5.74, 6) is 0.0694. The van der Waals surface area contributed by atoms with E-state index in [1.807, 2.05) is 6.92 Å². The first kappa shape index (κ1) is 13.5. The Balaban J connectivity index is 1.80. The fraction of sp³-hybridized carbons (Fsp3) is 0.667. The van der Waals surface area contributed by atoms with Crippen LogP contribution in [0.3, 0.4) is 0 Å². The van der Waals surface area contributed by atoms with Crippen molar-refractivity contribution in [2.75, 3.05) is 26.3 Å². The van der Waals surface area contributed by atoms with E-state index < -0.39 is 0 Å². The minimum Gasteiger partial charge on any atom is -0.379 e. The highest BCUT2D eigenvalue weighted by molar-refractivity contribution is 7.09. The van der Waals surface area contributed by atoms with Gasteiger partial charge in [0.2, 0.25) is 5.91 Å². The molecular weight excluding hydrogens is 250 g/mol. The average Bonchev–Trinajstić information content (AvgIpc) is 2.85. The number of ether oxygens (including phenoxy) is 1. The third-order valence-corrected chi connectivity index (χ3v) is 3.74. The molecule has 18 heavy (non-hydrogen) atoms. The molecule has 1 amide bonds. The van der Waals surface area contributed by atoms with Crippen molar-refractivity contribution >= 4 is 17.2 Å². The van der Waals surface area contributed by atoms with Crippen molar-refractivity contribution in [3.63, 3.8) is 0 Å². The number of nitrogens with zero attached hydrogens (tertiary/aromatic N) is 2. The van der Waals surface area contributed by atoms with E-state index in [0.29, 0.717) is 13.0 Å². The third-order valence-electron chi connectivity index (χ3n) is 2.85. The normalized spacial score (nSPS) is 16.7. The molecule has 2 heterocycles. The minimum atomic E-state index is 0.0694. The van der Waals surface area contributed by atoms with E-state index in [2.05, 4.69) is 20.6 Å². The molecule has 1 aliphatic rings. The molecule has 2 rings (SSSR count). The van der Waals surface area contributed by atoms with E-state index in [0.717, 1.165) is 43.5 Å². The first-order chi connectivity index (χ1) is 8.78. The highest BCUT2D eigenvalue weighted by Crippen LogP contribution is 2.12. The summed E-state index contributed by atoms with van der Waals surface area (Å²) in [5.41, 5.74) is 1.09. The van der Waals surface area contributed by atoms with Crippen molar-refractivity contribution in [1.29, 1.82) is 0 Å². The smallest absolute Gasteiger partial charge is 0.220 e. The highest BCUT2D eigenvalue weighted by atomic mass is 32.1. The number of carbonyl (C=O) groups is 1. The van der Waals surface area contributed by atoms with Crippen molar-refractivity contribution in [2.45, 2.75) is 26.4 Å². The van der Waals surface area contributed by atoms with Gasteiger partial charge in [-0.1, -0.05) is 6.92 Å². The summed E-state index contributed by atoms with van der Waals surface area (Å²) < 4.78 is 5.31. The summed E-state index contributed by atoms with van der Waals surface area (Å²) in [6.07, 6.45) is 0.520. The van der Waals surface area contributed by atoms with Gasteiger partial charge in [0.05, 0.1) is 25.5 Å². The Morgan fingerprint density at radius 3 is 3.06 bits per heavy atom. The number of thiazole rings is 1. The second kappa shape index (κ2) is 6.82. The number of carbonyl (C=O) groups excluding carboxylic acids is 1. The molecule has 0 spiro atoms. The molecule has 1 saturated heterocycles. The lowest BCUT2D eigenvalue weighted by Gasteiger charge is -2.25. The Hall–Kier alpha value is -0.980. The maximum absolute atomic E-state index is 11.2. The van der Waals surface area contributed by atoms with Crippen LogP contribution in [0, 0.1) is 0 Å². The summed E-state index contributed by atoms with van der Waals surface area (Å²) in [4.78, 5) is 18.0. The van der Waals surface area contributed by atoms with Crippen LogP contribution in [0.15, 0.2) is 5.38 Å². The van der Waals surface area contributed by atoms with Gasteiger partial charge in [-0.05, 0) is 0 Å².